The summed E-state index contributed by atoms with van der Waals surface area (Å²) in [6.45, 7) is 3.99. The fourth-order valence-corrected chi connectivity index (χ4v) is 8.77. The highest BCUT2D eigenvalue weighted by atomic mass is 79.9. The van der Waals surface area contributed by atoms with Crippen molar-refractivity contribution in [1.29, 1.82) is 0 Å². The minimum absolute atomic E-state index is 0.0816. The maximum Gasteiger partial charge on any atom is 0.228 e. The molecule has 2 aromatic rings. The highest BCUT2D eigenvalue weighted by Gasteiger charge is 2.53. The summed E-state index contributed by atoms with van der Waals surface area (Å²) < 4.78 is 6.85. The van der Waals surface area contributed by atoms with Gasteiger partial charge in [0.1, 0.15) is 5.75 Å². The molecule has 0 radical (unpaired) electrons. The molecule has 37 heavy (non-hydrogen) atoms. The van der Waals surface area contributed by atoms with Crippen LogP contribution in [-0.4, -0.2) is 50.1 Å². The van der Waals surface area contributed by atoms with E-state index in [0.717, 1.165) is 55.8 Å². The molecule has 6 heteroatoms. The molecule has 2 N–H and O–H groups in total. The first-order valence-electron chi connectivity index (χ1n) is 14.2. The number of benzene rings is 2. The quantitative estimate of drug-likeness (QED) is 0.523. The molecule has 1 amide bonds. The van der Waals surface area contributed by atoms with Crippen molar-refractivity contribution in [1.82, 2.24) is 15.5 Å². The van der Waals surface area contributed by atoms with Crippen LogP contribution in [0.1, 0.15) is 67.6 Å². The fraction of sp³-hybridized carbons (Fsp3) is 0.581. The third-order valence-corrected chi connectivity index (χ3v) is 10.5. The number of likely N-dealkylation sites (tertiary alicyclic amines) is 1. The van der Waals surface area contributed by atoms with E-state index in [1.54, 1.807) is 7.11 Å². The number of carbonyl (C=O) groups excluding carboxylic acids is 1. The third-order valence-electron chi connectivity index (χ3n) is 9.83. The zero-order valence-electron chi connectivity index (χ0n) is 22.0. The lowest BCUT2D eigenvalue weighted by Crippen LogP contribution is -2.57. The molecular formula is C31H40BrN3O2. The van der Waals surface area contributed by atoms with Crippen LogP contribution in [0.25, 0.3) is 0 Å². The van der Waals surface area contributed by atoms with E-state index in [1.165, 1.54) is 48.8 Å². The van der Waals surface area contributed by atoms with E-state index >= 15 is 0 Å². The number of hydrogen-bond donors (Lipinski definition) is 2. The molecule has 0 unspecified atom stereocenters. The Morgan fingerprint density at radius 1 is 1.03 bits per heavy atom. The van der Waals surface area contributed by atoms with E-state index in [0.29, 0.717) is 23.8 Å². The van der Waals surface area contributed by atoms with Gasteiger partial charge in [-0.25, -0.2) is 0 Å². The zero-order valence-corrected chi connectivity index (χ0v) is 23.6. The number of methoxy groups -OCH3 is 1. The summed E-state index contributed by atoms with van der Waals surface area (Å²) in [5.41, 5.74) is 3.63. The van der Waals surface area contributed by atoms with Gasteiger partial charge < -0.3 is 20.3 Å². The second kappa shape index (κ2) is 10.7. The first-order chi connectivity index (χ1) is 18.1. The SMILES string of the molecule is COc1ccc(Br)c2c1CNC[C@]21CNC[C@H]1C(=O)N1CC[C@@H](c2ccccc2)C[C@H]1C1CCCCC1. The molecule has 1 spiro atoms. The molecule has 4 atom stereocenters. The maximum atomic E-state index is 14.7. The summed E-state index contributed by atoms with van der Waals surface area (Å²) in [6.07, 6.45) is 8.62. The van der Waals surface area contributed by atoms with Crippen LogP contribution in [0.15, 0.2) is 46.9 Å². The van der Waals surface area contributed by atoms with E-state index in [4.69, 9.17) is 4.74 Å². The van der Waals surface area contributed by atoms with Gasteiger partial charge in [0.05, 0.1) is 13.0 Å². The van der Waals surface area contributed by atoms with Crippen LogP contribution in [0.3, 0.4) is 0 Å². The van der Waals surface area contributed by atoms with Crippen LogP contribution >= 0.6 is 15.9 Å². The molecule has 0 bridgehead atoms. The van der Waals surface area contributed by atoms with E-state index in [-0.39, 0.29) is 11.3 Å². The molecule has 3 heterocycles. The van der Waals surface area contributed by atoms with Crippen molar-refractivity contribution in [3.8, 4) is 5.75 Å². The molecule has 3 aliphatic heterocycles. The molecule has 0 aromatic heterocycles. The molecule has 198 valence electrons. The Morgan fingerprint density at radius 3 is 2.59 bits per heavy atom. The Labute approximate surface area is 229 Å². The van der Waals surface area contributed by atoms with Crippen LogP contribution in [0.5, 0.6) is 5.75 Å². The van der Waals surface area contributed by atoms with Gasteiger partial charge in [-0.1, -0.05) is 65.5 Å². The average molecular weight is 567 g/mol. The topological polar surface area (TPSA) is 53.6 Å². The number of ether oxygens (including phenoxy) is 1. The van der Waals surface area contributed by atoms with Gasteiger partial charge in [-0.2, -0.15) is 0 Å². The molecule has 4 aliphatic rings. The van der Waals surface area contributed by atoms with E-state index < -0.39 is 0 Å². The lowest BCUT2D eigenvalue weighted by molar-refractivity contribution is -0.142. The Balaban J connectivity index is 1.33. The first kappa shape index (κ1) is 25.4. The van der Waals surface area contributed by atoms with Gasteiger partial charge >= 0.3 is 0 Å². The van der Waals surface area contributed by atoms with Crippen molar-refractivity contribution in [3.05, 3.63) is 63.6 Å². The number of halogens is 1. The van der Waals surface area contributed by atoms with Gasteiger partial charge in [0.25, 0.3) is 0 Å². The standard InChI is InChI=1S/C31H40BrN3O2/c1-37-28-13-12-26(32)29-24(28)17-33-19-31(29)20-34-18-25(31)30(36)35-15-14-23(21-8-4-2-5-9-21)16-27(35)22-10-6-3-7-11-22/h2,4-5,8-9,12-13,22-23,25,27,33-34H,3,6-7,10-11,14-20H2,1H3/t23-,25+,27+,31-/m1/s1. The fourth-order valence-electron chi connectivity index (χ4n) is 8.00. The van der Waals surface area contributed by atoms with Gasteiger partial charge in [0.2, 0.25) is 5.91 Å². The van der Waals surface area contributed by atoms with Gasteiger partial charge in [0, 0.05) is 54.2 Å². The Hall–Kier alpha value is -1.89. The van der Waals surface area contributed by atoms with Crippen molar-refractivity contribution in [3.63, 3.8) is 0 Å². The summed E-state index contributed by atoms with van der Waals surface area (Å²) in [4.78, 5) is 17.0. The molecule has 1 aliphatic carbocycles. The second-order valence-corrected chi connectivity index (χ2v) is 12.5. The van der Waals surface area contributed by atoms with Crippen molar-refractivity contribution in [2.24, 2.45) is 11.8 Å². The number of fused-ring (bicyclic) bond motifs is 2. The number of hydrogen-bond acceptors (Lipinski definition) is 4. The van der Waals surface area contributed by atoms with Crippen LogP contribution in [0.2, 0.25) is 0 Å². The second-order valence-electron chi connectivity index (χ2n) is 11.7. The van der Waals surface area contributed by atoms with Gasteiger partial charge in [0.15, 0.2) is 0 Å². The highest BCUT2D eigenvalue weighted by molar-refractivity contribution is 9.10. The highest BCUT2D eigenvalue weighted by Crippen LogP contribution is 2.48. The van der Waals surface area contributed by atoms with Gasteiger partial charge in [-0.3, -0.25) is 4.79 Å². The molecule has 2 aromatic carbocycles. The van der Waals surface area contributed by atoms with Crippen molar-refractivity contribution in [2.75, 3.05) is 33.3 Å². The predicted octanol–water partition coefficient (Wildman–Crippen LogP) is 5.37. The Bertz CT molecular complexity index is 1120. The molecule has 1 saturated carbocycles. The Kier molecular flexibility index (Phi) is 7.34. The summed E-state index contributed by atoms with van der Waals surface area (Å²) in [7, 11) is 1.74. The van der Waals surface area contributed by atoms with E-state index in [1.807, 2.05) is 6.07 Å². The molecule has 2 saturated heterocycles. The van der Waals surface area contributed by atoms with Gasteiger partial charge in [-0.15, -0.1) is 0 Å². The summed E-state index contributed by atoms with van der Waals surface area (Å²) >= 11 is 3.88. The van der Waals surface area contributed by atoms with Crippen LogP contribution in [0, 0.1) is 11.8 Å². The number of nitrogens with zero attached hydrogens (tertiary/aromatic N) is 1. The number of carbonyl (C=O) groups is 1. The summed E-state index contributed by atoms with van der Waals surface area (Å²) in [5.74, 6) is 2.35. The molecule has 5 nitrogen and oxygen atoms in total. The number of rotatable bonds is 4. The van der Waals surface area contributed by atoms with Crippen LogP contribution in [-0.2, 0) is 16.8 Å². The smallest absolute Gasteiger partial charge is 0.228 e. The minimum Gasteiger partial charge on any atom is -0.496 e. The monoisotopic (exact) mass is 565 g/mol. The van der Waals surface area contributed by atoms with Crippen molar-refractivity contribution >= 4 is 21.8 Å². The van der Waals surface area contributed by atoms with Crippen molar-refractivity contribution in [2.45, 2.75) is 68.9 Å². The maximum absolute atomic E-state index is 14.7. The lowest BCUT2D eigenvalue weighted by atomic mass is 9.67. The zero-order chi connectivity index (χ0) is 25.4. The number of amides is 1. The van der Waals surface area contributed by atoms with Crippen molar-refractivity contribution < 1.29 is 9.53 Å². The number of piperidine rings is 1. The number of nitrogens with one attached hydrogen (secondary N) is 2. The molecule has 6 rings (SSSR count). The molecule has 3 fully saturated rings. The predicted molar refractivity (Wildman–Crippen MR) is 151 cm³/mol. The largest absolute Gasteiger partial charge is 0.496 e. The third kappa shape index (κ3) is 4.53. The summed E-state index contributed by atoms with van der Waals surface area (Å²) in [5, 5.41) is 7.29. The van der Waals surface area contributed by atoms with Crippen LogP contribution in [0.4, 0.5) is 0 Å². The van der Waals surface area contributed by atoms with E-state index in [2.05, 4.69) is 67.9 Å². The molecular weight excluding hydrogens is 526 g/mol. The lowest BCUT2D eigenvalue weighted by Gasteiger charge is -2.48. The van der Waals surface area contributed by atoms with Gasteiger partial charge in [-0.05, 0) is 60.8 Å². The first-order valence-corrected chi connectivity index (χ1v) is 15.0. The van der Waals surface area contributed by atoms with Crippen LogP contribution < -0.4 is 15.4 Å². The average Bonchev–Trinajstić information content (AvgIpc) is 3.37. The minimum atomic E-state index is -0.272. The normalized spacial score (nSPS) is 30.3. The van der Waals surface area contributed by atoms with E-state index in [9.17, 15) is 4.79 Å². The summed E-state index contributed by atoms with van der Waals surface area (Å²) in [6, 6.07) is 15.5. The Morgan fingerprint density at radius 2 is 1.81 bits per heavy atom.